The lowest BCUT2D eigenvalue weighted by Gasteiger charge is -2.21. The van der Waals surface area contributed by atoms with Crippen molar-refractivity contribution in [3.63, 3.8) is 0 Å². The number of carbonyl (C=O) groups excluding carboxylic acids is 1. The molecule has 2 aromatic heterocycles. The molecule has 0 unspecified atom stereocenters. The van der Waals surface area contributed by atoms with Crippen LogP contribution in [-0.4, -0.2) is 73.2 Å². The summed E-state index contributed by atoms with van der Waals surface area (Å²) in [5, 5.41) is 12.3. The molecule has 0 saturated carbocycles. The van der Waals surface area contributed by atoms with Crippen molar-refractivity contribution in [2.45, 2.75) is 26.8 Å². The molecule has 24 heavy (non-hydrogen) atoms. The summed E-state index contributed by atoms with van der Waals surface area (Å²) in [7, 11) is 1.77. The van der Waals surface area contributed by atoms with Crippen molar-refractivity contribution >= 4 is 5.91 Å². The van der Waals surface area contributed by atoms with Crippen LogP contribution in [0.3, 0.4) is 0 Å². The smallest absolute Gasteiger partial charge is 0.276 e. The molecule has 2 aromatic rings. The highest BCUT2D eigenvalue weighted by Gasteiger charge is 2.22. The van der Waals surface area contributed by atoms with Gasteiger partial charge in [0, 0.05) is 38.9 Å². The Hall–Kier alpha value is -2.22. The maximum Gasteiger partial charge on any atom is 0.276 e. The molecule has 0 aromatic carbocycles. The molecular weight excluding hydrogens is 306 g/mol. The fourth-order valence-corrected chi connectivity index (χ4v) is 3.14. The van der Waals surface area contributed by atoms with E-state index in [1.54, 1.807) is 17.9 Å². The van der Waals surface area contributed by atoms with Gasteiger partial charge in [-0.25, -0.2) is 0 Å². The summed E-state index contributed by atoms with van der Waals surface area (Å²) in [5.74, 6) is -0.0245. The van der Waals surface area contributed by atoms with E-state index in [1.165, 1.54) is 5.69 Å². The summed E-state index contributed by atoms with van der Waals surface area (Å²) in [6.07, 6.45) is 2.65. The third-order valence-electron chi connectivity index (χ3n) is 4.43. The Labute approximate surface area is 142 Å². The molecule has 0 spiro atoms. The topological polar surface area (TPSA) is 72.1 Å². The van der Waals surface area contributed by atoms with Gasteiger partial charge in [0.25, 0.3) is 5.91 Å². The molecule has 8 nitrogen and oxygen atoms in total. The number of aryl methyl sites for hydroxylation is 3. The molecule has 0 aliphatic carbocycles. The molecule has 0 atom stereocenters. The average molecular weight is 331 g/mol. The number of amides is 1. The molecule has 0 radical (unpaired) electrons. The van der Waals surface area contributed by atoms with Crippen molar-refractivity contribution in [1.29, 1.82) is 0 Å². The Kier molecular flexibility index (Phi) is 4.94. The zero-order valence-corrected chi connectivity index (χ0v) is 14.6. The second-order valence-corrected chi connectivity index (χ2v) is 6.42. The van der Waals surface area contributed by atoms with Gasteiger partial charge in [-0.2, -0.15) is 5.10 Å². The number of aromatic nitrogens is 5. The van der Waals surface area contributed by atoms with Crippen molar-refractivity contribution < 1.29 is 4.79 Å². The summed E-state index contributed by atoms with van der Waals surface area (Å²) < 4.78 is 3.62. The molecule has 8 heteroatoms. The minimum Gasteiger partial charge on any atom is -0.336 e. The lowest BCUT2D eigenvalue weighted by atomic mass is 10.3. The van der Waals surface area contributed by atoms with Crippen LogP contribution >= 0.6 is 0 Å². The Morgan fingerprint density at radius 2 is 2.00 bits per heavy atom. The maximum absolute atomic E-state index is 12.5. The van der Waals surface area contributed by atoms with Gasteiger partial charge in [-0.3, -0.25) is 19.1 Å². The van der Waals surface area contributed by atoms with E-state index in [1.807, 2.05) is 11.8 Å². The van der Waals surface area contributed by atoms with E-state index >= 15 is 0 Å². The number of carbonyl (C=O) groups is 1. The van der Waals surface area contributed by atoms with E-state index in [2.05, 4.69) is 38.0 Å². The standard InChI is InChI=1S/C16H25N7O/c1-13-11-14(2)23(18-13)10-8-21-5-4-6-22(9-7-21)16(24)15-12-20(3)19-17-15/h11-12H,4-10H2,1-3H3. The molecule has 1 fully saturated rings. The molecule has 0 N–H and O–H groups in total. The fraction of sp³-hybridized carbons (Fsp3) is 0.625. The van der Waals surface area contributed by atoms with Crippen LogP contribution < -0.4 is 0 Å². The van der Waals surface area contributed by atoms with Crippen LogP contribution in [-0.2, 0) is 13.6 Å². The minimum absolute atomic E-state index is 0.0245. The van der Waals surface area contributed by atoms with Crippen LogP contribution in [0.1, 0.15) is 28.3 Å². The molecule has 1 aliphatic rings. The second-order valence-electron chi connectivity index (χ2n) is 6.42. The monoisotopic (exact) mass is 331 g/mol. The molecule has 3 rings (SSSR count). The molecule has 0 bridgehead atoms. The third kappa shape index (κ3) is 3.81. The lowest BCUT2D eigenvalue weighted by Crippen LogP contribution is -2.36. The van der Waals surface area contributed by atoms with Gasteiger partial charge in [-0.1, -0.05) is 5.21 Å². The zero-order valence-electron chi connectivity index (χ0n) is 14.6. The molecule has 1 aliphatic heterocycles. The van der Waals surface area contributed by atoms with Crippen LogP contribution in [0.2, 0.25) is 0 Å². The normalized spacial score (nSPS) is 16.4. The number of hydrogen-bond acceptors (Lipinski definition) is 5. The first-order valence-electron chi connectivity index (χ1n) is 8.42. The summed E-state index contributed by atoms with van der Waals surface area (Å²) in [6.45, 7) is 9.33. The highest BCUT2D eigenvalue weighted by atomic mass is 16.2. The SMILES string of the molecule is Cc1cc(C)n(CCN2CCCN(C(=O)c3cn(C)nn3)CC2)n1. The van der Waals surface area contributed by atoms with Gasteiger partial charge in [0.1, 0.15) is 0 Å². The number of hydrogen-bond donors (Lipinski definition) is 0. The zero-order chi connectivity index (χ0) is 17.1. The van der Waals surface area contributed by atoms with Crippen molar-refractivity contribution in [2.75, 3.05) is 32.7 Å². The minimum atomic E-state index is -0.0245. The highest BCUT2D eigenvalue weighted by Crippen LogP contribution is 2.08. The number of rotatable bonds is 4. The van der Waals surface area contributed by atoms with Crippen LogP contribution in [0.4, 0.5) is 0 Å². The van der Waals surface area contributed by atoms with E-state index < -0.39 is 0 Å². The predicted molar refractivity (Wildman–Crippen MR) is 89.7 cm³/mol. The van der Waals surface area contributed by atoms with E-state index in [0.717, 1.165) is 51.4 Å². The summed E-state index contributed by atoms with van der Waals surface area (Å²) in [5.41, 5.74) is 2.68. The molecule has 3 heterocycles. The highest BCUT2D eigenvalue weighted by molar-refractivity contribution is 5.91. The Bertz CT molecular complexity index is 705. The summed E-state index contributed by atoms with van der Waals surface area (Å²) in [6, 6.07) is 2.10. The second kappa shape index (κ2) is 7.12. The molecule has 1 amide bonds. The van der Waals surface area contributed by atoms with Crippen molar-refractivity contribution in [3.05, 3.63) is 29.3 Å². The van der Waals surface area contributed by atoms with Gasteiger partial charge in [-0.15, -0.1) is 5.10 Å². The van der Waals surface area contributed by atoms with Crippen molar-refractivity contribution in [2.24, 2.45) is 7.05 Å². The largest absolute Gasteiger partial charge is 0.336 e. The van der Waals surface area contributed by atoms with E-state index in [9.17, 15) is 4.79 Å². The summed E-state index contributed by atoms with van der Waals surface area (Å²) >= 11 is 0. The van der Waals surface area contributed by atoms with Gasteiger partial charge in [0.2, 0.25) is 0 Å². The Morgan fingerprint density at radius 1 is 1.17 bits per heavy atom. The van der Waals surface area contributed by atoms with Crippen molar-refractivity contribution in [1.82, 2.24) is 34.6 Å². The van der Waals surface area contributed by atoms with Crippen LogP contribution in [0.25, 0.3) is 0 Å². The third-order valence-corrected chi connectivity index (χ3v) is 4.43. The summed E-state index contributed by atoms with van der Waals surface area (Å²) in [4.78, 5) is 16.8. The Balaban J connectivity index is 1.53. The van der Waals surface area contributed by atoms with E-state index in [0.29, 0.717) is 5.69 Å². The first-order valence-corrected chi connectivity index (χ1v) is 8.42. The predicted octanol–water partition coefficient (Wildman–Crippen LogP) is 0.477. The fourth-order valence-electron chi connectivity index (χ4n) is 3.14. The first-order chi connectivity index (χ1) is 11.5. The van der Waals surface area contributed by atoms with Gasteiger partial charge < -0.3 is 4.90 Å². The van der Waals surface area contributed by atoms with Crippen molar-refractivity contribution in [3.8, 4) is 0 Å². The van der Waals surface area contributed by atoms with Gasteiger partial charge in [-0.05, 0) is 32.9 Å². The van der Waals surface area contributed by atoms with Crippen LogP contribution in [0.5, 0.6) is 0 Å². The average Bonchev–Trinajstić information content (AvgIpc) is 3.02. The van der Waals surface area contributed by atoms with Gasteiger partial charge in [0.05, 0.1) is 18.4 Å². The lowest BCUT2D eigenvalue weighted by molar-refractivity contribution is 0.0755. The van der Waals surface area contributed by atoms with Crippen LogP contribution in [0, 0.1) is 13.8 Å². The molecule has 1 saturated heterocycles. The van der Waals surface area contributed by atoms with E-state index in [4.69, 9.17) is 0 Å². The van der Waals surface area contributed by atoms with Crippen LogP contribution in [0.15, 0.2) is 12.3 Å². The van der Waals surface area contributed by atoms with E-state index in [-0.39, 0.29) is 5.91 Å². The number of nitrogens with zero attached hydrogens (tertiary/aromatic N) is 7. The Morgan fingerprint density at radius 3 is 2.67 bits per heavy atom. The van der Waals surface area contributed by atoms with Gasteiger partial charge in [0.15, 0.2) is 5.69 Å². The molecule has 130 valence electrons. The first kappa shape index (κ1) is 16.6. The quantitative estimate of drug-likeness (QED) is 0.815. The van der Waals surface area contributed by atoms with Gasteiger partial charge >= 0.3 is 0 Å². The maximum atomic E-state index is 12.5. The molecular formula is C16H25N7O.